The lowest BCUT2D eigenvalue weighted by Crippen LogP contribution is -1.95. The lowest BCUT2D eigenvalue weighted by atomic mass is 9.89. The predicted octanol–water partition coefficient (Wildman–Crippen LogP) is 4.76. The highest BCUT2D eigenvalue weighted by Crippen LogP contribution is 2.30. The summed E-state index contributed by atoms with van der Waals surface area (Å²) in [4.78, 5) is 0. The molecule has 1 aromatic rings. The van der Waals surface area contributed by atoms with E-state index in [1.807, 2.05) is 6.08 Å². The van der Waals surface area contributed by atoms with E-state index in [-0.39, 0.29) is 0 Å². The number of hydrogen-bond acceptors (Lipinski definition) is 0. The molecule has 1 aliphatic carbocycles. The molecule has 0 heteroatoms. The molecule has 0 amide bonds. The highest BCUT2D eigenvalue weighted by molar-refractivity contribution is 5.80. The van der Waals surface area contributed by atoms with Crippen LogP contribution in [0.15, 0.2) is 60.7 Å². The Hall–Kier alpha value is -1.56. The molecule has 0 aliphatic heterocycles. The average molecular weight is 210 g/mol. The van der Waals surface area contributed by atoms with Gasteiger partial charge in [-0.1, -0.05) is 55.1 Å². The highest BCUT2D eigenvalue weighted by Gasteiger charge is 2.09. The predicted molar refractivity (Wildman–Crippen MR) is 71.2 cm³/mol. The van der Waals surface area contributed by atoms with Crippen molar-refractivity contribution in [2.45, 2.75) is 25.7 Å². The van der Waals surface area contributed by atoms with Crippen molar-refractivity contribution in [1.82, 2.24) is 0 Å². The Balaban J connectivity index is 2.35. The molecule has 0 fully saturated rings. The lowest BCUT2D eigenvalue weighted by molar-refractivity contribution is 0.714. The van der Waals surface area contributed by atoms with Crippen molar-refractivity contribution >= 4 is 5.57 Å². The second-order valence-electron chi connectivity index (χ2n) is 4.16. The molecular formula is C16H18. The minimum atomic E-state index is 1.20. The van der Waals surface area contributed by atoms with Crippen LogP contribution in [0.2, 0.25) is 0 Å². The Bertz CT molecular complexity index is 407. The van der Waals surface area contributed by atoms with Crippen LogP contribution in [0.25, 0.3) is 5.57 Å². The number of rotatable bonds is 3. The standard InChI is InChI=1S/C16H18/c1-2-9-16(14-10-5-3-6-11-14)15-12-7-4-8-13-15/h2-3,5-6,9-12H,1,4,7-8,13H2/b16-9+. The van der Waals surface area contributed by atoms with Gasteiger partial charge in [-0.2, -0.15) is 0 Å². The van der Waals surface area contributed by atoms with Crippen LogP contribution in [0.3, 0.4) is 0 Å². The molecule has 0 heterocycles. The summed E-state index contributed by atoms with van der Waals surface area (Å²) in [7, 11) is 0. The van der Waals surface area contributed by atoms with E-state index >= 15 is 0 Å². The van der Waals surface area contributed by atoms with Crippen molar-refractivity contribution in [3.8, 4) is 0 Å². The maximum Gasteiger partial charge on any atom is -0.0155 e. The fourth-order valence-electron chi connectivity index (χ4n) is 2.21. The topological polar surface area (TPSA) is 0 Å². The highest BCUT2D eigenvalue weighted by atomic mass is 14.1. The van der Waals surface area contributed by atoms with Crippen molar-refractivity contribution in [2.75, 3.05) is 0 Å². The molecule has 0 atom stereocenters. The van der Waals surface area contributed by atoms with Crippen LogP contribution in [0, 0.1) is 0 Å². The molecule has 0 aromatic heterocycles. The van der Waals surface area contributed by atoms with Gasteiger partial charge in [-0.05, 0) is 42.4 Å². The van der Waals surface area contributed by atoms with Crippen LogP contribution in [-0.2, 0) is 0 Å². The summed E-state index contributed by atoms with van der Waals surface area (Å²) in [6, 6.07) is 10.6. The molecule has 1 aliphatic rings. The molecule has 0 bridgehead atoms. The van der Waals surface area contributed by atoms with Crippen molar-refractivity contribution < 1.29 is 0 Å². The number of benzene rings is 1. The van der Waals surface area contributed by atoms with Crippen LogP contribution >= 0.6 is 0 Å². The molecule has 0 nitrogen and oxygen atoms in total. The molecule has 0 saturated carbocycles. The summed E-state index contributed by atoms with van der Waals surface area (Å²) in [5, 5.41) is 0. The quantitative estimate of drug-likeness (QED) is 0.631. The lowest BCUT2D eigenvalue weighted by Gasteiger charge is -2.16. The summed E-state index contributed by atoms with van der Waals surface area (Å²) in [6.45, 7) is 3.82. The third-order valence-corrected chi connectivity index (χ3v) is 3.01. The summed E-state index contributed by atoms with van der Waals surface area (Å²) in [6.07, 6.45) is 11.5. The minimum Gasteiger partial charge on any atom is -0.0990 e. The van der Waals surface area contributed by atoms with Gasteiger partial charge in [0.15, 0.2) is 0 Å². The van der Waals surface area contributed by atoms with Gasteiger partial charge in [-0.25, -0.2) is 0 Å². The van der Waals surface area contributed by atoms with E-state index < -0.39 is 0 Å². The molecule has 0 spiro atoms. The SMILES string of the molecule is C=C/C=C(/C1=CCCCC1)c1ccccc1. The molecule has 0 N–H and O–H groups in total. The molecule has 82 valence electrons. The Morgan fingerprint density at radius 2 is 1.94 bits per heavy atom. The van der Waals surface area contributed by atoms with Crippen LogP contribution in [0.4, 0.5) is 0 Å². The first-order valence-electron chi connectivity index (χ1n) is 5.99. The van der Waals surface area contributed by atoms with E-state index in [1.54, 1.807) is 0 Å². The van der Waals surface area contributed by atoms with E-state index in [2.05, 4.69) is 49.1 Å². The van der Waals surface area contributed by atoms with Gasteiger partial charge in [-0.15, -0.1) is 0 Å². The summed E-state index contributed by atoms with van der Waals surface area (Å²) in [5.41, 5.74) is 4.13. The van der Waals surface area contributed by atoms with E-state index in [0.717, 1.165) is 0 Å². The third-order valence-electron chi connectivity index (χ3n) is 3.01. The second kappa shape index (κ2) is 5.50. The molecule has 0 unspecified atom stereocenters. The van der Waals surface area contributed by atoms with E-state index in [1.165, 1.54) is 42.4 Å². The smallest absolute Gasteiger partial charge is 0.0155 e. The summed E-state index contributed by atoms with van der Waals surface area (Å²) in [5.74, 6) is 0. The van der Waals surface area contributed by atoms with Gasteiger partial charge in [0.1, 0.15) is 0 Å². The van der Waals surface area contributed by atoms with Crippen molar-refractivity contribution in [3.63, 3.8) is 0 Å². The Morgan fingerprint density at radius 3 is 2.56 bits per heavy atom. The molecule has 0 radical (unpaired) electrons. The van der Waals surface area contributed by atoms with Crippen molar-refractivity contribution in [2.24, 2.45) is 0 Å². The molecule has 0 saturated heterocycles. The van der Waals surface area contributed by atoms with Gasteiger partial charge in [0.05, 0.1) is 0 Å². The average Bonchev–Trinajstić information content (AvgIpc) is 2.38. The van der Waals surface area contributed by atoms with Crippen molar-refractivity contribution in [1.29, 1.82) is 0 Å². The third kappa shape index (κ3) is 2.52. The molecule has 2 rings (SSSR count). The van der Waals surface area contributed by atoms with Crippen LogP contribution in [-0.4, -0.2) is 0 Å². The number of hydrogen-bond donors (Lipinski definition) is 0. The zero-order chi connectivity index (χ0) is 11.2. The first kappa shape index (κ1) is 10.9. The van der Waals surface area contributed by atoms with Gasteiger partial charge >= 0.3 is 0 Å². The maximum absolute atomic E-state index is 3.82. The van der Waals surface area contributed by atoms with Crippen LogP contribution in [0.5, 0.6) is 0 Å². The number of allylic oxidation sites excluding steroid dienone is 5. The molecule has 1 aromatic carbocycles. The van der Waals surface area contributed by atoms with Crippen LogP contribution < -0.4 is 0 Å². The zero-order valence-electron chi connectivity index (χ0n) is 9.65. The summed E-state index contributed by atoms with van der Waals surface area (Å²) < 4.78 is 0. The van der Waals surface area contributed by atoms with Gasteiger partial charge in [0.25, 0.3) is 0 Å². The summed E-state index contributed by atoms with van der Waals surface area (Å²) >= 11 is 0. The fraction of sp³-hybridized carbons (Fsp3) is 0.250. The normalized spacial score (nSPS) is 16.8. The van der Waals surface area contributed by atoms with Gasteiger partial charge < -0.3 is 0 Å². The molecular weight excluding hydrogens is 192 g/mol. The monoisotopic (exact) mass is 210 g/mol. The van der Waals surface area contributed by atoms with Crippen molar-refractivity contribution in [3.05, 3.63) is 66.3 Å². The van der Waals surface area contributed by atoms with E-state index in [0.29, 0.717) is 0 Å². The Morgan fingerprint density at radius 1 is 1.12 bits per heavy atom. The Kier molecular flexibility index (Phi) is 3.76. The second-order valence-corrected chi connectivity index (χ2v) is 4.16. The fourth-order valence-corrected chi connectivity index (χ4v) is 2.21. The van der Waals surface area contributed by atoms with E-state index in [9.17, 15) is 0 Å². The van der Waals surface area contributed by atoms with E-state index in [4.69, 9.17) is 0 Å². The Labute approximate surface area is 98.0 Å². The van der Waals surface area contributed by atoms with Gasteiger partial charge in [0, 0.05) is 0 Å². The first-order chi connectivity index (χ1) is 7.92. The largest absolute Gasteiger partial charge is 0.0990 e. The first-order valence-corrected chi connectivity index (χ1v) is 5.99. The van der Waals surface area contributed by atoms with Gasteiger partial charge in [0.2, 0.25) is 0 Å². The minimum absolute atomic E-state index is 1.20. The molecule has 16 heavy (non-hydrogen) atoms. The van der Waals surface area contributed by atoms with Gasteiger partial charge in [-0.3, -0.25) is 0 Å². The maximum atomic E-state index is 3.82. The van der Waals surface area contributed by atoms with Crippen LogP contribution in [0.1, 0.15) is 31.2 Å². The zero-order valence-corrected chi connectivity index (χ0v) is 9.65.